The number of hydrogen-bond acceptors (Lipinski definition) is 2. The largest absolute Gasteiger partial charge is 0.370 e. The Morgan fingerprint density at radius 2 is 0.729 bits per heavy atom. The average Bonchev–Trinajstić information content (AvgIpc) is 3.07. The summed E-state index contributed by atoms with van der Waals surface area (Å²) in [6, 6.07) is 9.33. The number of amides is 2. The van der Waals surface area contributed by atoms with Gasteiger partial charge in [-0.1, -0.05) is 137 Å². The Bertz CT molecular complexity index is 945. The van der Waals surface area contributed by atoms with Gasteiger partial charge < -0.3 is 11.5 Å². The molecule has 0 saturated heterocycles. The summed E-state index contributed by atoms with van der Waals surface area (Å²) in [6.07, 6.45) is 50.9. The number of hydrogen-bond donors (Lipinski definition) is 2. The van der Waals surface area contributed by atoms with Crippen LogP contribution in [0.2, 0.25) is 0 Å². The topological polar surface area (TPSA) is 86.2 Å². The number of nitrogens with two attached hydrogens (primary N) is 2. The lowest BCUT2D eigenvalue weighted by Crippen LogP contribution is -2.09. The molecule has 0 saturated carbocycles. The van der Waals surface area contributed by atoms with Gasteiger partial charge in [0.15, 0.2) is 0 Å². The van der Waals surface area contributed by atoms with Gasteiger partial charge in [-0.2, -0.15) is 0 Å². The Morgan fingerprint density at radius 3 is 1.08 bits per heavy atom. The summed E-state index contributed by atoms with van der Waals surface area (Å²) >= 11 is 0. The smallest absolute Gasteiger partial charge is 0.217 e. The van der Waals surface area contributed by atoms with Crippen molar-refractivity contribution >= 4 is 11.8 Å². The van der Waals surface area contributed by atoms with Crippen molar-refractivity contribution in [2.24, 2.45) is 11.5 Å². The van der Waals surface area contributed by atoms with Crippen LogP contribution in [0.4, 0.5) is 0 Å². The van der Waals surface area contributed by atoms with Crippen molar-refractivity contribution in [1.29, 1.82) is 0 Å². The van der Waals surface area contributed by atoms with E-state index in [9.17, 15) is 9.59 Å². The third kappa shape index (κ3) is 31.7. The molecule has 0 bridgehead atoms. The highest BCUT2D eigenvalue weighted by molar-refractivity contribution is 5.73. The van der Waals surface area contributed by atoms with Crippen LogP contribution in [0.1, 0.15) is 178 Å². The molecule has 1 rings (SSSR count). The number of unbranched alkanes of at least 4 members (excludes halogenated alkanes) is 18. The molecule has 4 nitrogen and oxygen atoms in total. The average molecular weight is 661 g/mol. The zero-order chi connectivity index (χ0) is 34.6. The van der Waals surface area contributed by atoms with E-state index in [0.29, 0.717) is 12.8 Å². The van der Waals surface area contributed by atoms with Gasteiger partial charge in [-0.15, -0.1) is 0 Å². The standard InChI is InChI=1S/C44H72N2O2/c45-43(47)38-31-27-23-19-15-11-7-3-1-5-9-13-17-21-25-29-34-41-36-33-37-42(40-41)35-30-26-22-18-14-10-6-2-4-8-12-16-20-24-28-32-39-44(46)48/h3-10,33,36-37,40H,1-2,11-32,34-35,38-39H2,(H2,45,47)(H2,46,48)/b7-3-,8-4-,9-5-,10-6-. The zero-order valence-electron chi connectivity index (χ0n) is 30.7. The second kappa shape index (κ2) is 34.0. The van der Waals surface area contributed by atoms with E-state index in [0.717, 1.165) is 51.4 Å². The number of rotatable bonds is 34. The van der Waals surface area contributed by atoms with Gasteiger partial charge in [0.25, 0.3) is 0 Å². The third-order valence-corrected chi connectivity index (χ3v) is 8.96. The van der Waals surface area contributed by atoms with Crippen LogP contribution < -0.4 is 11.5 Å². The van der Waals surface area contributed by atoms with Crippen LogP contribution in [0.3, 0.4) is 0 Å². The summed E-state index contributed by atoms with van der Waals surface area (Å²) < 4.78 is 0. The minimum Gasteiger partial charge on any atom is -0.370 e. The molecule has 270 valence electrons. The third-order valence-electron chi connectivity index (χ3n) is 8.96. The summed E-state index contributed by atoms with van der Waals surface area (Å²) in [4.78, 5) is 21.4. The predicted octanol–water partition coefficient (Wildman–Crippen LogP) is 12.1. The summed E-state index contributed by atoms with van der Waals surface area (Å²) in [5.41, 5.74) is 13.4. The zero-order valence-corrected chi connectivity index (χ0v) is 30.7. The van der Waals surface area contributed by atoms with Crippen LogP contribution in [-0.2, 0) is 22.4 Å². The number of carbonyl (C=O) groups excluding carboxylic acids is 2. The second-order valence-corrected chi connectivity index (χ2v) is 13.6. The fraction of sp³-hybridized carbons (Fsp3) is 0.636. The molecule has 0 radical (unpaired) electrons. The van der Waals surface area contributed by atoms with Gasteiger partial charge in [0.2, 0.25) is 11.8 Å². The van der Waals surface area contributed by atoms with Crippen molar-refractivity contribution in [2.75, 3.05) is 0 Å². The second-order valence-electron chi connectivity index (χ2n) is 13.6. The van der Waals surface area contributed by atoms with Crippen molar-refractivity contribution in [1.82, 2.24) is 0 Å². The van der Waals surface area contributed by atoms with Crippen molar-refractivity contribution in [2.45, 2.75) is 180 Å². The lowest BCUT2D eigenvalue weighted by Gasteiger charge is -2.06. The van der Waals surface area contributed by atoms with Gasteiger partial charge in [0, 0.05) is 12.8 Å². The van der Waals surface area contributed by atoms with Gasteiger partial charge in [-0.3, -0.25) is 9.59 Å². The molecule has 48 heavy (non-hydrogen) atoms. The number of benzene rings is 1. The molecule has 4 N–H and O–H groups in total. The van der Waals surface area contributed by atoms with Crippen LogP contribution in [0.25, 0.3) is 0 Å². The normalized spacial score (nSPS) is 12.0. The van der Waals surface area contributed by atoms with Crippen LogP contribution in [0.5, 0.6) is 0 Å². The molecule has 0 aliphatic heterocycles. The highest BCUT2D eigenvalue weighted by Crippen LogP contribution is 2.15. The molecule has 0 aliphatic carbocycles. The number of primary amides is 2. The van der Waals surface area contributed by atoms with E-state index in [1.165, 1.54) is 127 Å². The minimum absolute atomic E-state index is 0.175. The van der Waals surface area contributed by atoms with Crippen LogP contribution >= 0.6 is 0 Å². The Balaban J connectivity index is 1.92. The molecule has 0 unspecified atom stereocenters. The summed E-state index contributed by atoms with van der Waals surface area (Å²) in [7, 11) is 0. The van der Waals surface area contributed by atoms with E-state index in [1.807, 2.05) is 0 Å². The van der Waals surface area contributed by atoms with Gasteiger partial charge in [0.05, 0.1) is 0 Å². The fourth-order valence-electron chi connectivity index (χ4n) is 6.03. The predicted molar refractivity (Wildman–Crippen MR) is 209 cm³/mol. The van der Waals surface area contributed by atoms with Crippen LogP contribution in [0.15, 0.2) is 72.9 Å². The molecule has 0 fully saturated rings. The van der Waals surface area contributed by atoms with Crippen molar-refractivity contribution < 1.29 is 9.59 Å². The molecule has 0 spiro atoms. The van der Waals surface area contributed by atoms with Gasteiger partial charge in [-0.25, -0.2) is 0 Å². The summed E-state index contributed by atoms with van der Waals surface area (Å²) in [5, 5.41) is 0. The highest BCUT2D eigenvalue weighted by atomic mass is 16.1. The van der Waals surface area contributed by atoms with Crippen LogP contribution in [-0.4, -0.2) is 11.8 Å². The molecule has 1 aromatic rings. The first-order valence-electron chi connectivity index (χ1n) is 19.8. The van der Waals surface area contributed by atoms with E-state index in [-0.39, 0.29) is 11.8 Å². The SMILES string of the molecule is NC(=O)CCCCCCC/C=C\C/C=C\CCCCCCc1cccc(CCCCCC/C=C\C/C=C\CCCCCCCC(N)=O)c1. The van der Waals surface area contributed by atoms with Gasteiger partial charge in [-0.05, 0) is 114 Å². The Kier molecular flexibility index (Phi) is 30.6. The fourth-order valence-corrected chi connectivity index (χ4v) is 6.03. The van der Waals surface area contributed by atoms with E-state index >= 15 is 0 Å². The van der Waals surface area contributed by atoms with Gasteiger partial charge >= 0.3 is 0 Å². The maximum Gasteiger partial charge on any atom is 0.217 e. The molecule has 2 amide bonds. The Hall–Kier alpha value is -2.88. The number of carbonyl (C=O) groups is 2. The lowest BCUT2D eigenvalue weighted by molar-refractivity contribution is -0.119. The van der Waals surface area contributed by atoms with E-state index in [2.05, 4.69) is 72.9 Å². The Labute approximate surface area is 296 Å². The minimum atomic E-state index is -0.175. The van der Waals surface area contributed by atoms with Crippen molar-refractivity contribution in [3.05, 3.63) is 84.0 Å². The Morgan fingerprint density at radius 1 is 0.417 bits per heavy atom. The molecule has 1 aromatic carbocycles. The lowest BCUT2D eigenvalue weighted by atomic mass is 10.00. The monoisotopic (exact) mass is 661 g/mol. The van der Waals surface area contributed by atoms with E-state index in [4.69, 9.17) is 11.5 Å². The molecular weight excluding hydrogens is 588 g/mol. The molecule has 4 heteroatoms. The first-order valence-corrected chi connectivity index (χ1v) is 19.8. The van der Waals surface area contributed by atoms with E-state index < -0.39 is 0 Å². The quantitative estimate of drug-likeness (QED) is 0.0569. The summed E-state index contributed by atoms with van der Waals surface area (Å²) in [5.74, 6) is -0.349. The molecule has 0 heterocycles. The van der Waals surface area contributed by atoms with Crippen molar-refractivity contribution in [3.63, 3.8) is 0 Å². The van der Waals surface area contributed by atoms with Crippen LogP contribution in [0, 0.1) is 0 Å². The first-order chi connectivity index (χ1) is 23.6. The maximum atomic E-state index is 10.7. The van der Waals surface area contributed by atoms with Gasteiger partial charge in [0.1, 0.15) is 0 Å². The molecule has 0 aliphatic rings. The molecule has 0 aromatic heterocycles. The molecular formula is C44H72N2O2. The highest BCUT2D eigenvalue weighted by Gasteiger charge is 1.99. The van der Waals surface area contributed by atoms with Crippen molar-refractivity contribution in [3.8, 4) is 0 Å². The maximum absolute atomic E-state index is 10.7. The summed E-state index contributed by atoms with van der Waals surface area (Å²) in [6.45, 7) is 0. The number of allylic oxidation sites excluding steroid dienone is 8. The molecule has 0 atom stereocenters. The first kappa shape index (κ1) is 43.1. The van der Waals surface area contributed by atoms with E-state index in [1.54, 1.807) is 0 Å². The number of aryl methyl sites for hydroxylation is 2.